The Morgan fingerprint density at radius 2 is 2.08 bits per heavy atom. The lowest BCUT2D eigenvalue weighted by molar-refractivity contribution is -0.151. The number of carbonyl (C=O) groups is 1. The molecular weight excluding hydrogens is 322 g/mol. The zero-order valence-electron chi connectivity index (χ0n) is 13.5. The standard InChI is InChI=1S/C19H15NO5/c1-2-23-19(22)17-14(11-6-5-9-20-10-11)15-16(25-17)12-7-3-4-8-13(12)24-18(15)21/h3-10,14,17H,2H2,1H3/t14-,17-/m0/s1. The molecule has 2 atom stereocenters. The van der Waals surface area contributed by atoms with E-state index in [1.165, 1.54) is 0 Å². The SMILES string of the molecule is CCOC(=O)[C@H]1Oc2c(c(=O)oc3ccccc23)[C@@H]1c1cccnc1. The summed E-state index contributed by atoms with van der Waals surface area (Å²) in [5.41, 5.74) is 0.918. The van der Waals surface area contributed by atoms with Crippen molar-refractivity contribution in [3.63, 3.8) is 0 Å². The van der Waals surface area contributed by atoms with E-state index in [-0.39, 0.29) is 6.61 Å². The van der Waals surface area contributed by atoms with E-state index >= 15 is 0 Å². The van der Waals surface area contributed by atoms with Gasteiger partial charge in [-0.25, -0.2) is 9.59 Å². The second-order valence-electron chi connectivity index (χ2n) is 5.68. The Morgan fingerprint density at radius 1 is 1.24 bits per heavy atom. The van der Waals surface area contributed by atoms with E-state index in [2.05, 4.69) is 4.98 Å². The average Bonchev–Trinajstić information content (AvgIpc) is 3.04. The molecule has 1 aliphatic rings. The Morgan fingerprint density at radius 3 is 2.84 bits per heavy atom. The number of hydrogen-bond donors (Lipinski definition) is 0. The quantitative estimate of drug-likeness (QED) is 0.540. The van der Waals surface area contributed by atoms with Gasteiger partial charge in [0, 0.05) is 12.4 Å². The van der Waals surface area contributed by atoms with E-state index in [0.29, 0.717) is 27.8 Å². The topological polar surface area (TPSA) is 78.6 Å². The predicted molar refractivity (Wildman–Crippen MR) is 89.6 cm³/mol. The summed E-state index contributed by atoms with van der Waals surface area (Å²) in [5.74, 6) is -0.765. The van der Waals surface area contributed by atoms with Crippen molar-refractivity contribution in [2.45, 2.75) is 18.9 Å². The van der Waals surface area contributed by atoms with Crippen molar-refractivity contribution in [1.29, 1.82) is 0 Å². The van der Waals surface area contributed by atoms with E-state index in [1.54, 1.807) is 49.6 Å². The van der Waals surface area contributed by atoms with Crippen molar-refractivity contribution in [3.8, 4) is 5.75 Å². The summed E-state index contributed by atoms with van der Waals surface area (Å²) in [6.45, 7) is 1.95. The summed E-state index contributed by atoms with van der Waals surface area (Å²) in [5, 5.41) is 0.651. The maximum absolute atomic E-state index is 12.6. The Bertz CT molecular complexity index is 996. The number of aromatic nitrogens is 1. The van der Waals surface area contributed by atoms with Crippen LogP contribution in [0, 0.1) is 0 Å². The number of para-hydroxylation sites is 1. The third kappa shape index (κ3) is 2.46. The highest BCUT2D eigenvalue weighted by Crippen LogP contribution is 2.44. The van der Waals surface area contributed by atoms with Crippen LogP contribution in [0.5, 0.6) is 5.75 Å². The van der Waals surface area contributed by atoms with E-state index in [4.69, 9.17) is 13.9 Å². The van der Waals surface area contributed by atoms with Crippen molar-refractivity contribution in [2.75, 3.05) is 6.61 Å². The number of fused-ring (bicyclic) bond motifs is 3. The lowest BCUT2D eigenvalue weighted by Gasteiger charge is -2.17. The highest BCUT2D eigenvalue weighted by atomic mass is 16.6. The number of benzene rings is 1. The van der Waals surface area contributed by atoms with Crippen LogP contribution in [0.3, 0.4) is 0 Å². The van der Waals surface area contributed by atoms with Crippen molar-refractivity contribution in [1.82, 2.24) is 4.98 Å². The average molecular weight is 337 g/mol. The van der Waals surface area contributed by atoms with Crippen LogP contribution < -0.4 is 10.4 Å². The van der Waals surface area contributed by atoms with Crippen molar-refractivity contribution in [3.05, 3.63) is 70.3 Å². The van der Waals surface area contributed by atoms with E-state index in [1.807, 2.05) is 6.07 Å². The Labute approximate surface area is 143 Å². The van der Waals surface area contributed by atoms with Crippen LogP contribution in [-0.2, 0) is 9.53 Å². The van der Waals surface area contributed by atoms with Gasteiger partial charge >= 0.3 is 11.6 Å². The zero-order valence-corrected chi connectivity index (χ0v) is 13.5. The smallest absolute Gasteiger partial charge is 0.348 e. The molecule has 1 aromatic carbocycles. The molecule has 25 heavy (non-hydrogen) atoms. The molecule has 1 aliphatic heterocycles. The minimum Gasteiger partial charge on any atom is -0.476 e. The van der Waals surface area contributed by atoms with Gasteiger partial charge in [-0.15, -0.1) is 0 Å². The first kappa shape index (κ1) is 15.4. The predicted octanol–water partition coefficient (Wildman–Crippen LogP) is 2.64. The van der Waals surface area contributed by atoms with Crippen LogP contribution >= 0.6 is 0 Å². The van der Waals surface area contributed by atoms with Crippen LogP contribution in [0.25, 0.3) is 11.0 Å². The first-order valence-electron chi connectivity index (χ1n) is 7.99. The van der Waals surface area contributed by atoms with Gasteiger partial charge in [-0.2, -0.15) is 0 Å². The molecule has 6 heteroatoms. The van der Waals surface area contributed by atoms with Crippen LogP contribution in [0.2, 0.25) is 0 Å². The zero-order chi connectivity index (χ0) is 17.4. The monoisotopic (exact) mass is 337 g/mol. The van der Waals surface area contributed by atoms with E-state index < -0.39 is 23.6 Å². The number of esters is 1. The van der Waals surface area contributed by atoms with Gasteiger partial charge in [-0.1, -0.05) is 18.2 Å². The lowest BCUT2D eigenvalue weighted by Crippen LogP contribution is -2.32. The lowest BCUT2D eigenvalue weighted by atomic mass is 9.89. The number of pyridine rings is 1. The first-order chi connectivity index (χ1) is 12.2. The number of hydrogen-bond acceptors (Lipinski definition) is 6. The Hall–Kier alpha value is -3.15. The van der Waals surface area contributed by atoms with Gasteiger partial charge in [0.15, 0.2) is 0 Å². The van der Waals surface area contributed by atoms with E-state index in [9.17, 15) is 9.59 Å². The summed E-state index contributed by atoms with van der Waals surface area (Å²) in [6, 6.07) is 10.6. The van der Waals surface area contributed by atoms with Gasteiger partial charge in [-0.3, -0.25) is 4.98 Å². The summed E-state index contributed by atoms with van der Waals surface area (Å²) < 4.78 is 16.5. The molecule has 0 fully saturated rings. The molecule has 3 aromatic rings. The molecule has 4 rings (SSSR count). The molecule has 2 aromatic heterocycles. The number of nitrogens with zero attached hydrogens (tertiary/aromatic N) is 1. The Kier molecular flexibility index (Phi) is 3.72. The molecule has 0 aliphatic carbocycles. The highest BCUT2D eigenvalue weighted by molar-refractivity contribution is 5.88. The molecular formula is C19H15NO5. The van der Waals surface area contributed by atoms with E-state index in [0.717, 1.165) is 0 Å². The fraction of sp³-hybridized carbons (Fsp3) is 0.211. The molecule has 0 saturated heterocycles. The number of rotatable bonds is 3. The van der Waals surface area contributed by atoms with Gasteiger partial charge in [0.1, 0.15) is 11.3 Å². The second kappa shape index (κ2) is 6.05. The van der Waals surface area contributed by atoms with Gasteiger partial charge in [0.05, 0.1) is 23.5 Å². The summed E-state index contributed by atoms with van der Waals surface area (Å²) in [4.78, 5) is 29.2. The van der Waals surface area contributed by atoms with Gasteiger partial charge in [-0.05, 0) is 30.7 Å². The minimum absolute atomic E-state index is 0.226. The Balaban J connectivity index is 1.96. The normalized spacial score (nSPS) is 18.6. The summed E-state index contributed by atoms with van der Waals surface area (Å²) in [7, 11) is 0. The van der Waals surface area contributed by atoms with Crippen LogP contribution in [0.1, 0.15) is 24.0 Å². The molecule has 126 valence electrons. The second-order valence-corrected chi connectivity index (χ2v) is 5.68. The van der Waals surface area contributed by atoms with Crippen LogP contribution in [0.15, 0.2) is 58.0 Å². The molecule has 0 radical (unpaired) electrons. The first-order valence-corrected chi connectivity index (χ1v) is 7.99. The fourth-order valence-corrected chi connectivity index (χ4v) is 3.19. The van der Waals surface area contributed by atoms with Gasteiger partial charge < -0.3 is 13.9 Å². The van der Waals surface area contributed by atoms with Crippen molar-refractivity contribution >= 4 is 16.9 Å². The molecule has 0 spiro atoms. The molecule has 0 amide bonds. The third-order valence-corrected chi connectivity index (χ3v) is 4.22. The fourth-order valence-electron chi connectivity index (χ4n) is 3.19. The number of ether oxygens (including phenoxy) is 2. The third-order valence-electron chi connectivity index (χ3n) is 4.22. The van der Waals surface area contributed by atoms with Crippen LogP contribution in [-0.4, -0.2) is 23.7 Å². The maximum atomic E-state index is 12.6. The highest BCUT2D eigenvalue weighted by Gasteiger charge is 2.45. The van der Waals surface area contributed by atoms with Crippen molar-refractivity contribution in [2.24, 2.45) is 0 Å². The number of carbonyl (C=O) groups excluding carboxylic acids is 1. The summed E-state index contributed by atoms with van der Waals surface area (Å²) >= 11 is 0. The molecule has 0 saturated carbocycles. The largest absolute Gasteiger partial charge is 0.476 e. The molecule has 6 nitrogen and oxygen atoms in total. The molecule has 3 heterocycles. The van der Waals surface area contributed by atoms with Crippen LogP contribution in [0.4, 0.5) is 0 Å². The minimum atomic E-state index is -0.951. The van der Waals surface area contributed by atoms with Gasteiger partial charge in [0.2, 0.25) is 6.10 Å². The van der Waals surface area contributed by atoms with Crippen molar-refractivity contribution < 1.29 is 18.7 Å². The molecule has 0 N–H and O–H groups in total. The maximum Gasteiger partial charge on any atom is 0.348 e. The molecule has 0 bridgehead atoms. The summed E-state index contributed by atoms with van der Waals surface area (Å²) in [6.07, 6.45) is 2.29. The molecule has 0 unspecified atom stereocenters. The van der Waals surface area contributed by atoms with Gasteiger partial charge in [0.25, 0.3) is 0 Å².